The normalized spacial score (nSPS) is 11.0. The number of nitrogens with zero attached hydrogens (tertiary/aromatic N) is 3. The fraction of sp³-hybridized carbons (Fsp3) is 0.585. The number of aryl methyl sites for hydroxylation is 2. The molecule has 5 heterocycles. The predicted octanol–water partition coefficient (Wildman–Crippen LogP) is 8.74. The molecule has 0 amide bonds. The third kappa shape index (κ3) is 33.3. The van der Waals surface area contributed by atoms with Gasteiger partial charge in [-0.2, -0.15) is 30.2 Å². The molecule has 0 saturated heterocycles. The summed E-state index contributed by atoms with van der Waals surface area (Å²) in [6.07, 6.45) is 15.1. The summed E-state index contributed by atoms with van der Waals surface area (Å²) in [5.74, 6) is 0. The average Bonchev–Trinajstić information content (AvgIpc) is 3.95. The molecule has 3 aromatic heterocycles. The maximum atomic E-state index is 11.1. The summed E-state index contributed by atoms with van der Waals surface area (Å²) >= 11 is 0. The summed E-state index contributed by atoms with van der Waals surface area (Å²) < 4.78 is 4.06. The molecule has 0 spiro atoms. The quantitative estimate of drug-likeness (QED) is 0.229. The minimum Gasteiger partial charge on any atom is -0.384 e. The van der Waals surface area contributed by atoms with Crippen LogP contribution < -0.4 is 21.5 Å². The van der Waals surface area contributed by atoms with Crippen molar-refractivity contribution in [2.45, 2.75) is 140 Å². The van der Waals surface area contributed by atoms with E-state index in [9.17, 15) is 4.79 Å². The number of nitrogens with one attached hydrogen (secondary N) is 3. The predicted molar refractivity (Wildman–Crippen MR) is 214 cm³/mol. The van der Waals surface area contributed by atoms with E-state index in [1.807, 2.05) is 81.0 Å². The smallest absolute Gasteiger partial charge is 0.246 e. The first-order valence-corrected chi connectivity index (χ1v) is 18.4. The Morgan fingerprint density at radius 2 is 1.10 bits per heavy atom. The Labute approximate surface area is 391 Å². The zero-order valence-corrected chi connectivity index (χ0v) is 43.9. The third-order valence-electron chi connectivity index (χ3n) is 6.78. The van der Waals surface area contributed by atoms with Crippen LogP contribution >= 0.6 is 0 Å². The van der Waals surface area contributed by atoms with Crippen LogP contribution in [0.3, 0.4) is 0 Å². The molecule has 0 aromatic carbocycles. The Morgan fingerprint density at radius 1 is 0.627 bits per heavy atom. The van der Waals surface area contributed by atoms with Crippen molar-refractivity contribution in [1.29, 1.82) is 0 Å². The molecule has 1 aliphatic carbocycles. The van der Waals surface area contributed by atoms with Crippen LogP contribution in [0.15, 0.2) is 59.7 Å². The van der Waals surface area contributed by atoms with Crippen LogP contribution in [-0.2, 0) is 118 Å². The summed E-state index contributed by atoms with van der Waals surface area (Å²) in [5.41, 5.74) is 5.15. The van der Waals surface area contributed by atoms with E-state index in [1.54, 1.807) is 16.7 Å². The molecule has 2 aliphatic heterocycles. The number of aromatic nitrogens is 3. The SMILES string of the molecule is CC.CC.CC.CNC(C)C.CNC(C)C.CNC(C)C.O=c1cccc2n1CC[CH-]2.[Y].[Y].[Y].c1cc2n(c1)CC[CH-]2.c1cnc2c(c1)[CH-]CC2. The topological polar surface area (TPSA) is 75.9 Å². The number of hydrogen-bond acceptors (Lipinski definition) is 5. The minimum absolute atomic E-state index is 0. The molecule has 3 aliphatic rings. The standard InChI is InChI=1S/C8H8NO.C8H8N.C7H8N.3C4H11N.3C2H6.3Y/c10-8-5-1-3-7-4-2-6-9(7)8;1-3-7-4-2-6-9-8(7)5-1;1-3-7-4-2-6-8(7)5-1;3*1-4(2)5-3;3*1-2;;;/h1,3-5H,2,6H2;2-4,6H,1,5H2;1,3-5H,2,6H2;3*4-5H,1-3H3;3*1-2H3;;;/q3*-1;;;;;;;;;. The van der Waals surface area contributed by atoms with E-state index in [-0.39, 0.29) is 104 Å². The van der Waals surface area contributed by atoms with Crippen LogP contribution in [-0.4, -0.2) is 53.4 Å². The molecule has 51 heavy (non-hydrogen) atoms. The third-order valence-corrected chi connectivity index (χ3v) is 6.78. The molecule has 7 nitrogen and oxygen atoms in total. The Hall–Kier alpha value is 0.182. The van der Waals surface area contributed by atoms with Gasteiger partial charge >= 0.3 is 0 Å². The Bertz CT molecular complexity index is 1110. The molecule has 10 heteroatoms. The van der Waals surface area contributed by atoms with Gasteiger partial charge in [-0.3, -0.25) is 4.79 Å². The largest absolute Gasteiger partial charge is 0.384 e. The van der Waals surface area contributed by atoms with Crippen LogP contribution in [0.5, 0.6) is 0 Å². The first kappa shape index (κ1) is 63.1. The van der Waals surface area contributed by atoms with Gasteiger partial charge in [0.2, 0.25) is 5.56 Å². The maximum Gasteiger partial charge on any atom is 0.246 e. The van der Waals surface area contributed by atoms with Gasteiger partial charge in [0.05, 0.1) is 0 Å². The van der Waals surface area contributed by atoms with Gasteiger partial charge in [-0.25, -0.2) is 12.8 Å². The summed E-state index contributed by atoms with van der Waals surface area (Å²) in [7, 11) is 5.85. The van der Waals surface area contributed by atoms with Crippen molar-refractivity contribution in [1.82, 2.24) is 30.1 Å². The first-order valence-electron chi connectivity index (χ1n) is 18.4. The number of pyridine rings is 2. The van der Waals surface area contributed by atoms with Crippen LogP contribution in [0, 0.1) is 19.3 Å². The van der Waals surface area contributed by atoms with E-state index in [1.165, 1.54) is 36.3 Å². The molecular weight excluding hydrogens is 859 g/mol. The fourth-order valence-corrected chi connectivity index (χ4v) is 3.67. The van der Waals surface area contributed by atoms with Crippen LogP contribution in [0.1, 0.15) is 125 Å². The summed E-state index contributed by atoms with van der Waals surface area (Å²) in [5, 5.41) is 9.08. The molecule has 287 valence electrons. The summed E-state index contributed by atoms with van der Waals surface area (Å²) in [6.45, 7) is 26.7. The van der Waals surface area contributed by atoms with Gasteiger partial charge in [0.25, 0.3) is 0 Å². The number of rotatable bonds is 3. The molecule has 3 N–H and O–H groups in total. The molecule has 0 saturated carbocycles. The average molecular weight is 935 g/mol. The zero-order chi connectivity index (χ0) is 37.3. The van der Waals surface area contributed by atoms with Gasteiger partial charge in [0.1, 0.15) is 0 Å². The molecule has 0 unspecified atom stereocenters. The summed E-state index contributed by atoms with van der Waals surface area (Å²) in [6, 6.07) is 15.6. The van der Waals surface area contributed by atoms with Crippen molar-refractivity contribution in [3.05, 3.63) is 107 Å². The second-order valence-corrected chi connectivity index (χ2v) is 11.2. The van der Waals surface area contributed by atoms with Crippen molar-refractivity contribution in [3.8, 4) is 0 Å². The number of fused-ring (bicyclic) bond motifs is 3. The molecule has 0 fully saturated rings. The van der Waals surface area contributed by atoms with Crippen molar-refractivity contribution < 1.29 is 98.1 Å². The van der Waals surface area contributed by atoms with Crippen molar-refractivity contribution >= 4 is 0 Å². The van der Waals surface area contributed by atoms with Gasteiger partial charge in [-0.1, -0.05) is 114 Å². The van der Waals surface area contributed by atoms with Crippen molar-refractivity contribution in [2.24, 2.45) is 0 Å². The van der Waals surface area contributed by atoms with Gasteiger partial charge in [-0.05, 0) is 39.6 Å². The molecule has 0 atom stereocenters. The molecule has 3 radical (unpaired) electrons. The molecule has 6 rings (SSSR count). The second kappa shape index (κ2) is 44.6. The monoisotopic (exact) mass is 934 g/mol. The zero-order valence-electron chi connectivity index (χ0n) is 35.4. The Kier molecular flexibility index (Phi) is 55.2. The van der Waals surface area contributed by atoms with Gasteiger partial charge < -0.3 is 30.1 Å². The van der Waals surface area contributed by atoms with E-state index in [0.29, 0.717) is 18.1 Å². The second-order valence-electron chi connectivity index (χ2n) is 11.2. The Balaban J connectivity index is -0.000000117. The van der Waals surface area contributed by atoms with Crippen molar-refractivity contribution in [2.75, 3.05) is 21.1 Å². The van der Waals surface area contributed by atoms with E-state index >= 15 is 0 Å². The molecular formula is C41H75N6OY3-3. The van der Waals surface area contributed by atoms with Gasteiger partial charge in [-0.15, -0.1) is 29.6 Å². The fourth-order valence-electron chi connectivity index (χ4n) is 3.67. The van der Waals surface area contributed by atoms with Crippen LogP contribution in [0.2, 0.25) is 0 Å². The van der Waals surface area contributed by atoms with Crippen molar-refractivity contribution in [3.63, 3.8) is 0 Å². The first-order chi connectivity index (χ1) is 23.1. The Morgan fingerprint density at radius 3 is 1.55 bits per heavy atom. The van der Waals surface area contributed by atoms with Crippen LogP contribution in [0.25, 0.3) is 0 Å². The van der Waals surface area contributed by atoms with Gasteiger partial charge in [0, 0.05) is 129 Å². The van der Waals surface area contributed by atoms with E-state index in [4.69, 9.17) is 0 Å². The van der Waals surface area contributed by atoms with E-state index in [2.05, 4.69) is 111 Å². The minimum atomic E-state index is 0. The number of hydrogen-bond donors (Lipinski definition) is 3. The maximum absolute atomic E-state index is 11.1. The van der Waals surface area contributed by atoms with Crippen LogP contribution in [0.4, 0.5) is 0 Å². The van der Waals surface area contributed by atoms with E-state index < -0.39 is 0 Å². The van der Waals surface area contributed by atoms with E-state index in [0.717, 1.165) is 25.1 Å². The molecule has 0 bridgehead atoms. The molecule has 3 aromatic rings. The van der Waals surface area contributed by atoms with Gasteiger partial charge in [0.15, 0.2) is 0 Å². The summed E-state index contributed by atoms with van der Waals surface area (Å²) in [4.78, 5) is 15.3.